The molecule has 0 saturated heterocycles. The van der Waals surface area contributed by atoms with Crippen molar-refractivity contribution in [1.82, 2.24) is 9.97 Å². The van der Waals surface area contributed by atoms with Crippen molar-refractivity contribution in [2.75, 3.05) is 0 Å². The number of hydrogen-bond donors (Lipinski definition) is 1. The highest BCUT2D eigenvalue weighted by molar-refractivity contribution is 5.78. The van der Waals surface area contributed by atoms with Gasteiger partial charge in [0.25, 0.3) is 0 Å². The second kappa shape index (κ2) is 5.97. The number of benzene rings is 1. The van der Waals surface area contributed by atoms with E-state index in [1.54, 1.807) is 0 Å². The predicted molar refractivity (Wildman–Crippen MR) is 72.6 cm³/mol. The SMILES string of the molecule is C[n+]1ccc(/C=C/c2nc3ccccc3[nH]2)cc1.[I-]. The van der Waals surface area contributed by atoms with E-state index in [0.29, 0.717) is 0 Å². The van der Waals surface area contributed by atoms with Crippen LogP contribution in [0.25, 0.3) is 23.2 Å². The normalized spacial score (nSPS) is 10.8. The molecule has 0 aliphatic heterocycles. The van der Waals surface area contributed by atoms with E-state index < -0.39 is 0 Å². The zero-order valence-corrected chi connectivity index (χ0v) is 12.7. The highest BCUT2D eigenvalue weighted by Gasteiger charge is 1.98. The van der Waals surface area contributed by atoms with E-state index in [2.05, 4.69) is 28.2 Å². The van der Waals surface area contributed by atoms with Crippen LogP contribution in [-0.4, -0.2) is 9.97 Å². The standard InChI is InChI=1S/C15H13N3.HI/c1-18-10-8-12(9-11-18)6-7-15-16-13-4-2-3-5-14(13)17-15;/h2-11H,1H3;1H. The number of nitrogens with zero attached hydrogens (tertiary/aromatic N) is 2. The van der Waals surface area contributed by atoms with E-state index in [-0.39, 0.29) is 24.0 Å². The first-order valence-corrected chi connectivity index (χ1v) is 5.89. The maximum atomic E-state index is 4.50. The van der Waals surface area contributed by atoms with E-state index in [9.17, 15) is 0 Å². The minimum absolute atomic E-state index is 0. The molecule has 3 rings (SSSR count). The molecule has 1 N–H and O–H groups in total. The first-order chi connectivity index (χ1) is 8.81. The molecule has 3 nitrogen and oxygen atoms in total. The molecule has 0 amide bonds. The second-order valence-corrected chi connectivity index (χ2v) is 4.27. The summed E-state index contributed by atoms with van der Waals surface area (Å²) in [5.41, 5.74) is 3.22. The molecule has 0 spiro atoms. The molecule has 0 bridgehead atoms. The van der Waals surface area contributed by atoms with E-state index in [1.165, 1.54) is 0 Å². The average molecular weight is 363 g/mol. The largest absolute Gasteiger partial charge is 1.00 e. The highest BCUT2D eigenvalue weighted by Crippen LogP contribution is 2.12. The number of fused-ring (bicyclic) bond motifs is 1. The highest BCUT2D eigenvalue weighted by atomic mass is 127. The number of pyridine rings is 1. The van der Waals surface area contributed by atoms with Gasteiger partial charge in [-0.2, -0.15) is 0 Å². The van der Waals surface area contributed by atoms with Crippen LogP contribution >= 0.6 is 0 Å². The van der Waals surface area contributed by atoms with Gasteiger partial charge in [0.15, 0.2) is 12.4 Å². The zero-order valence-electron chi connectivity index (χ0n) is 10.5. The molecule has 0 atom stereocenters. The molecule has 96 valence electrons. The Morgan fingerprint density at radius 1 is 1.05 bits per heavy atom. The molecule has 0 saturated carbocycles. The van der Waals surface area contributed by atoms with E-state index in [0.717, 1.165) is 22.4 Å². The van der Waals surface area contributed by atoms with E-state index in [1.807, 2.05) is 54.3 Å². The summed E-state index contributed by atoms with van der Waals surface area (Å²) in [6.45, 7) is 0. The fourth-order valence-electron chi connectivity index (χ4n) is 1.85. The Kier molecular flexibility index (Phi) is 4.31. The Morgan fingerprint density at radius 3 is 2.53 bits per heavy atom. The number of imidazole rings is 1. The van der Waals surface area contributed by atoms with Crippen LogP contribution in [0.15, 0.2) is 48.8 Å². The van der Waals surface area contributed by atoms with Gasteiger partial charge in [0.05, 0.1) is 11.0 Å². The van der Waals surface area contributed by atoms with Gasteiger partial charge < -0.3 is 29.0 Å². The summed E-state index contributed by atoms with van der Waals surface area (Å²) in [7, 11) is 2.01. The van der Waals surface area contributed by atoms with Gasteiger partial charge in [-0.05, 0) is 23.8 Å². The minimum atomic E-state index is 0. The molecule has 2 heterocycles. The molecule has 3 aromatic rings. The van der Waals surface area contributed by atoms with Gasteiger partial charge in [-0.15, -0.1) is 0 Å². The molecule has 1 aromatic carbocycles. The van der Waals surface area contributed by atoms with Crippen molar-refractivity contribution in [1.29, 1.82) is 0 Å². The summed E-state index contributed by atoms with van der Waals surface area (Å²) in [6.07, 6.45) is 8.10. The molecule has 0 fully saturated rings. The fourth-order valence-corrected chi connectivity index (χ4v) is 1.85. The molecule has 0 aliphatic carbocycles. The topological polar surface area (TPSA) is 32.6 Å². The fraction of sp³-hybridized carbons (Fsp3) is 0.0667. The van der Waals surface area contributed by atoms with Gasteiger partial charge >= 0.3 is 0 Å². The summed E-state index contributed by atoms with van der Waals surface area (Å²) in [5, 5.41) is 0. The number of nitrogens with one attached hydrogen (secondary N) is 1. The third-order valence-electron chi connectivity index (χ3n) is 2.85. The third-order valence-corrected chi connectivity index (χ3v) is 2.85. The number of aromatic nitrogens is 3. The lowest BCUT2D eigenvalue weighted by Gasteiger charge is -1.90. The monoisotopic (exact) mass is 363 g/mol. The molecular formula is C15H14IN3. The third kappa shape index (κ3) is 3.20. The van der Waals surface area contributed by atoms with Crippen molar-refractivity contribution in [3.8, 4) is 0 Å². The van der Waals surface area contributed by atoms with Crippen LogP contribution in [0, 0.1) is 0 Å². The average Bonchev–Trinajstić information content (AvgIpc) is 2.81. The number of aryl methyl sites for hydroxylation is 1. The van der Waals surface area contributed by atoms with Crippen molar-refractivity contribution >= 4 is 23.2 Å². The molecular weight excluding hydrogens is 349 g/mol. The van der Waals surface area contributed by atoms with Gasteiger partial charge in [0.1, 0.15) is 12.9 Å². The Hall–Kier alpha value is -1.69. The van der Waals surface area contributed by atoms with Gasteiger partial charge in [0.2, 0.25) is 0 Å². The molecule has 0 aliphatic rings. The lowest BCUT2D eigenvalue weighted by Crippen LogP contribution is -3.00. The summed E-state index contributed by atoms with van der Waals surface area (Å²) < 4.78 is 2.01. The van der Waals surface area contributed by atoms with Crippen LogP contribution in [0.1, 0.15) is 11.4 Å². The van der Waals surface area contributed by atoms with E-state index in [4.69, 9.17) is 0 Å². The molecule has 19 heavy (non-hydrogen) atoms. The second-order valence-electron chi connectivity index (χ2n) is 4.27. The zero-order chi connectivity index (χ0) is 12.4. The van der Waals surface area contributed by atoms with Crippen molar-refractivity contribution in [3.63, 3.8) is 0 Å². The lowest BCUT2D eigenvalue weighted by molar-refractivity contribution is -0.671. The summed E-state index contributed by atoms with van der Waals surface area (Å²) in [6, 6.07) is 12.2. The Balaban J connectivity index is 0.00000133. The number of rotatable bonds is 2. The summed E-state index contributed by atoms with van der Waals surface area (Å²) >= 11 is 0. The van der Waals surface area contributed by atoms with Gasteiger partial charge in [-0.3, -0.25) is 0 Å². The summed E-state index contributed by atoms with van der Waals surface area (Å²) in [5.74, 6) is 0.879. The maximum Gasteiger partial charge on any atom is 0.169 e. The van der Waals surface area contributed by atoms with Gasteiger partial charge in [-0.1, -0.05) is 18.2 Å². The molecule has 4 heteroatoms. The van der Waals surface area contributed by atoms with Crippen LogP contribution in [0.3, 0.4) is 0 Å². The maximum absolute atomic E-state index is 4.50. The first kappa shape index (κ1) is 13.7. The van der Waals surface area contributed by atoms with Crippen LogP contribution in [0.5, 0.6) is 0 Å². The van der Waals surface area contributed by atoms with Crippen molar-refractivity contribution < 1.29 is 28.5 Å². The summed E-state index contributed by atoms with van der Waals surface area (Å²) in [4.78, 5) is 7.77. The number of halogens is 1. The number of para-hydroxylation sites is 2. The van der Waals surface area contributed by atoms with Gasteiger partial charge in [0, 0.05) is 12.1 Å². The molecule has 2 aromatic heterocycles. The Bertz CT molecular complexity index is 666. The van der Waals surface area contributed by atoms with Crippen LogP contribution in [0.4, 0.5) is 0 Å². The number of aromatic amines is 1. The lowest BCUT2D eigenvalue weighted by atomic mass is 10.2. The Morgan fingerprint density at radius 2 is 1.79 bits per heavy atom. The number of H-pyrrole nitrogens is 1. The minimum Gasteiger partial charge on any atom is -1.00 e. The Labute approximate surface area is 129 Å². The smallest absolute Gasteiger partial charge is 0.169 e. The van der Waals surface area contributed by atoms with Crippen molar-refractivity contribution in [2.45, 2.75) is 0 Å². The first-order valence-electron chi connectivity index (χ1n) is 5.89. The van der Waals surface area contributed by atoms with Crippen LogP contribution in [-0.2, 0) is 7.05 Å². The molecule has 0 unspecified atom stereocenters. The molecule has 0 radical (unpaired) electrons. The van der Waals surface area contributed by atoms with Crippen LogP contribution < -0.4 is 28.5 Å². The number of hydrogen-bond acceptors (Lipinski definition) is 1. The predicted octanol–water partition coefficient (Wildman–Crippen LogP) is -0.438. The van der Waals surface area contributed by atoms with Crippen LogP contribution in [0.2, 0.25) is 0 Å². The quantitative estimate of drug-likeness (QED) is 0.486. The van der Waals surface area contributed by atoms with E-state index >= 15 is 0 Å². The van der Waals surface area contributed by atoms with Crippen molar-refractivity contribution in [2.24, 2.45) is 7.05 Å². The van der Waals surface area contributed by atoms with Crippen molar-refractivity contribution in [3.05, 3.63) is 60.2 Å². The van der Waals surface area contributed by atoms with Gasteiger partial charge in [-0.25, -0.2) is 9.55 Å².